The van der Waals surface area contributed by atoms with Gasteiger partial charge in [0.25, 0.3) is 0 Å². The van der Waals surface area contributed by atoms with E-state index in [2.05, 4.69) is 13.8 Å². The minimum atomic E-state index is -0.242. The molecule has 0 spiro atoms. The van der Waals surface area contributed by atoms with Crippen molar-refractivity contribution >= 4 is 5.97 Å². The summed E-state index contributed by atoms with van der Waals surface area (Å²) in [5.74, 6) is 0.123. The number of carbonyl (C=O) groups excluding carboxylic acids is 1. The van der Waals surface area contributed by atoms with E-state index in [1.165, 1.54) is 89.9 Å². The van der Waals surface area contributed by atoms with Gasteiger partial charge in [-0.2, -0.15) is 0 Å². The van der Waals surface area contributed by atoms with E-state index in [-0.39, 0.29) is 17.5 Å². The van der Waals surface area contributed by atoms with E-state index in [0.717, 1.165) is 31.2 Å². The number of phenolic OH excluding ortho intramolecular Hbond substituents is 1. The number of hydrogen-bond acceptors (Lipinski definition) is 3. The Balaban J connectivity index is 2.03. The summed E-state index contributed by atoms with van der Waals surface area (Å²) in [7, 11) is 0. The summed E-state index contributed by atoms with van der Waals surface area (Å²) < 4.78 is 5.36. The van der Waals surface area contributed by atoms with Crippen LogP contribution in [0.1, 0.15) is 135 Å². The summed E-state index contributed by atoms with van der Waals surface area (Å²) >= 11 is 0. The highest BCUT2D eigenvalue weighted by molar-refractivity contribution is 5.73. The number of hydrogen-bond donors (Lipinski definition) is 1. The van der Waals surface area contributed by atoms with Crippen LogP contribution in [0.2, 0.25) is 0 Å². The highest BCUT2D eigenvalue weighted by Crippen LogP contribution is 2.28. The molecular weight excluding hydrogens is 384 g/mol. The Hall–Kier alpha value is -1.51. The summed E-state index contributed by atoms with van der Waals surface area (Å²) in [6.45, 7) is 4.47. The van der Waals surface area contributed by atoms with Gasteiger partial charge in [0.1, 0.15) is 0 Å². The van der Waals surface area contributed by atoms with E-state index in [9.17, 15) is 9.90 Å². The minimum Gasteiger partial charge on any atom is -0.504 e. The predicted molar refractivity (Wildman–Crippen MR) is 132 cm³/mol. The van der Waals surface area contributed by atoms with Crippen molar-refractivity contribution in [3.05, 3.63) is 23.8 Å². The van der Waals surface area contributed by atoms with Gasteiger partial charge >= 0.3 is 5.97 Å². The van der Waals surface area contributed by atoms with Crippen LogP contribution in [-0.4, -0.2) is 11.1 Å². The number of carbonyl (C=O) groups is 1. The van der Waals surface area contributed by atoms with Gasteiger partial charge < -0.3 is 9.84 Å². The van der Waals surface area contributed by atoms with Gasteiger partial charge in [0.15, 0.2) is 11.5 Å². The van der Waals surface area contributed by atoms with Crippen LogP contribution in [0, 0.1) is 0 Å². The molecule has 0 fully saturated rings. The van der Waals surface area contributed by atoms with Crippen molar-refractivity contribution in [1.29, 1.82) is 0 Å². The van der Waals surface area contributed by atoms with Gasteiger partial charge in [-0.05, 0) is 37.0 Å². The molecular formula is C28H48O3. The highest BCUT2D eigenvalue weighted by atomic mass is 16.5. The van der Waals surface area contributed by atoms with Crippen LogP contribution < -0.4 is 4.74 Å². The molecule has 0 aliphatic rings. The molecule has 0 unspecified atom stereocenters. The molecule has 0 bridgehead atoms. The van der Waals surface area contributed by atoms with E-state index in [4.69, 9.17) is 4.74 Å². The second-order valence-corrected chi connectivity index (χ2v) is 9.08. The first-order valence-corrected chi connectivity index (χ1v) is 13.2. The molecule has 1 rings (SSSR count). The van der Waals surface area contributed by atoms with Crippen LogP contribution in [0.3, 0.4) is 0 Å². The topological polar surface area (TPSA) is 46.5 Å². The van der Waals surface area contributed by atoms with E-state index < -0.39 is 0 Å². The second kappa shape index (κ2) is 19.2. The summed E-state index contributed by atoms with van der Waals surface area (Å²) in [4.78, 5) is 12.1. The number of benzene rings is 1. The molecule has 3 nitrogen and oxygen atoms in total. The molecule has 0 saturated carbocycles. The normalized spacial score (nSPS) is 11.0. The standard InChI is InChI=1S/C28H48O3/c1-3-5-7-9-10-11-12-13-14-15-16-17-19-21-28(30)31-27-23-22-25(24-26(27)29)20-18-8-6-4-2/h22-24,29H,3-21H2,1-2H3. The molecule has 0 saturated heterocycles. The van der Waals surface area contributed by atoms with Crippen molar-refractivity contribution in [1.82, 2.24) is 0 Å². The van der Waals surface area contributed by atoms with E-state index in [0.29, 0.717) is 6.42 Å². The number of rotatable bonds is 20. The van der Waals surface area contributed by atoms with Crippen molar-refractivity contribution in [2.75, 3.05) is 0 Å². The smallest absolute Gasteiger partial charge is 0.311 e. The number of unbranched alkanes of at least 4 members (excludes halogenated alkanes) is 15. The Morgan fingerprint density at radius 1 is 0.710 bits per heavy atom. The molecule has 0 aliphatic carbocycles. The monoisotopic (exact) mass is 432 g/mol. The molecule has 0 amide bonds. The number of aryl methyl sites for hydroxylation is 1. The molecule has 1 aromatic rings. The van der Waals surface area contributed by atoms with Gasteiger partial charge in [-0.3, -0.25) is 4.79 Å². The van der Waals surface area contributed by atoms with Crippen LogP contribution in [0.25, 0.3) is 0 Å². The first kappa shape index (κ1) is 27.5. The Kier molecular flexibility index (Phi) is 17.0. The van der Waals surface area contributed by atoms with Crippen molar-refractivity contribution in [3.63, 3.8) is 0 Å². The molecule has 0 heterocycles. The lowest BCUT2D eigenvalue weighted by molar-refractivity contribution is -0.134. The fourth-order valence-electron chi connectivity index (χ4n) is 4.02. The van der Waals surface area contributed by atoms with E-state index in [1.54, 1.807) is 12.1 Å². The number of esters is 1. The van der Waals surface area contributed by atoms with Gasteiger partial charge in [-0.25, -0.2) is 0 Å². The molecule has 31 heavy (non-hydrogen) atoms. The van der Waals surface area contributed by atoms with Gasteiger partial charge in [0.2, 0.25) is 0 Å². The first-order valence-electron chi connectivity index (χ1n) is 13.2. The van der Waals surface area contributed by atoms with Gasteiger partial charge in [-0.1, -0.05) is 116 Å². The maximum Gasteiger partial charge on any atom is 0.311 e. The number of phenols is 1. The maximum absolute atomic E-state index is 12.1. The van der Waals surface area contributed by atoms with Crippen LogP contribution >= 0.6 is 0 Å². The lowest BCUT2D eigenvalue weighted by Crippen LogP contribution is -2.07. The lowest BCUT2D eigenvalue weighted by Gasteiger charge is -2.08. The quantitative estimate of drug-likeness (QED) is 0.127. The SMILES string of the molecule is CCCCCCCCCCCCCCCC(=O)Oc1ccc(CCCCCC)cc1O. The fourth-order valence-corrected chi connectivity index (χ4v) is 4.02. The molecule has 1 aromatic carbocycles. The zero-order chi connectivity index (χ0) is 22.6. The molecule has 178 valence electrons. The zero-order valence-electron chi connectivity index (χ0n) is 20.4. The van der Waals surface area contributed by atoms with Crippen LogP contribution in [0.5, 0.6) is 11.5 Å². The minimum absolute atomic E-state index is 0.0757. The van der Waals surface area contributed by atoms with E-state index >= 15 is 0 Å². The zero-order valence-corrected chi connectivity index (χ0v) is 20.4. The van der Waals surface area contributed by atoms with Gasteiger partial charge in [0, 0.05) is 6.42 Å². The summed E-state index contributed by atoms with van der Waals surface area (Å²) in [5, 5.41) is 10.1. The maximum atomic E-state index is 12.1. The Labute approximate surface area is 192 Å². The first-order chi connectivity index (χ1) is 15.2. The van der Waals surface area contributed by atoms with Crippen LogP contribution in [0.4, 0.5) is 0 Å². The summed E-state index contributed by atoms with van der Waals surface area (Å²) in [6.07, 6.45) is 23.0. The van der Waals surface area contributed by atoms with Gasteiger partial charge in [-0.15, -0.1) is 0 Å². The number of ether oxygens (including phenoxy) is 1. The van der Waals surface area contributed by atoms with Crippen molar-refractivity contribution in [2.45, 2.75) is 136 Å². The molecule has 0 aromatic heterocycles. The van der Waals surface area contributed by atoms with Gasteiger partial charge in [0.05, 0.1) is 0 Å². The molecule has 1 N–H and O–H groups in total. The van der Waals surface area contributed by atoms with Crippen molar-refractivity contribution < 1.29 is 14.6 Å². The number of aromatic hydroxyl groups is 1. The largest absolute Gasteiger partial charge is 0.504 e. The van der Waals surface area contributed by atoms with Crippen molar-refractivity contribution in [2.24, 2.45) is 0 Å². The third kappa shape index (κ3) is 15.0. The Bertz CT molecular complexity index is 567. The average molecular weight is 433 g/mol. The Morgan fingerprint density at radius 3 is 1.71 bits per heavy atom. The highest BCUT2D eigenvalue weighted by Gasteiger charge is 2.09. The molecule has 0 aliphatic heterocycles. The molecule has 0 atom stereocenters. The third-order valence-corrected chi connectivity index (χ3v) is 6.05. The Morgan fingerprint density at radius 2 is 1.19 bits per heavy atom. The van der Waals surface area contributed by atoms with E-state index in [1.807, 2.05) is 6.07 Å². The second-order valence-electron chi connectivity index (χ2n) is 9.08. The van der Waals surface area contributed by atoms with Crippen LogP contribution in [0.15, 0.2) is 18.2 Å². The lowest BCUT2D eigenvalue weighted by atomic mass is 10.0. The summed E-state index contributed by atoms with van der Waals surface area (Å²) in [6, 6.07) is 5.42. The summed E-state index contributed by atoms with van der Waals surface area (Å²) in [5.41, 5.74) is 1.10. The molecule has 0 radical (unpaired) electrons. The molecule has 3 heteroatoms. The fraction of sp³-hybridized carbons (Fsp3) is 0.750. The van der Waals surface area contributed by atoms with Crippen molar-refractivity contribution in [3.8, 4) is 11.5 Å². The predicted octanol–water partition coefficient (Wildman–Crippen LogP) is 8.90. The third-order valence-electron chi connectivity index (χ3n) is 6.05. The van der Waals surface area contributed by atoms with Crippen LogP contribution in [-0.2, 0) is 11.2 Å². The average Bonchev–Trinajstić information content (AvgIpc) is 2.76.